The highest BCUT2D eigenvalue weighted by Crippen LogP contribution is 2.35. The normalized spacial score (nSPS) is 10.9. The van der Waals surface area contributed by atoms with Gasteiger partial charge < -0.3 is 14.6 Å². The average molecular weight is 240 g/mol. The summed E-state index contributed by atoms with van der Waals surface area (Å²) < 4.78 is 5.69. The first-order valence-electron chi connectivity index (χ1n) is 5.66. The van der Waals surface area contributed by atoms with Crippen molar-refractivity contribution in [1.29, 1.82) is 0 Å². The Kier molecular flexibility index (Phi) is 2.27. The number of hydrogen-bond acceptors (Lipinski definition) is 3. The maximum absolute atomic E-state index is 9.80. The predicted octanol–water partition coefficient (Wildman–Crippen LogP) is 3.82. The molecule has 90 valence electrons. The van der Waals surface area contributed by atoms with Crippen molar-refractivity contribution in [2.45, 2.75) is 6.92 Å². The number of phenolic OH excluding ortho intramolecular Hbond substituents is 2. The van der Waals surface area contributed by atoms with Crippen LogP contribution in [0.15, 0.2) is 46.9 Å². The number of hydrogen-bond donors (Lipinski definition) is 2. The summed E-state index contributed by atoms with van der Waals surface area (Å²) in [5, 5.41) is 20.1. The third-order valence-corrected chi connectivity index (χ3v) is 2.92. The van der Waals surface area contributed by atoms with E-state index in [1.165, 1.54) is 12.1 Å². The van der Waals surface area contributed by atoms with Gasteiger partial charge in [0.15, 0.2) is 0 Å². The van der Waals surface area contributed by atoms with Gasteiger partial charge in [0.1, 0.15) is 22.8 Å². The summed E-state index contributed by atoms with van der Waals surface area (Å²) in [4.78, 5) is 0. The molecule has 0 atom stereocenters. The van der Waals surface area contributed by atoms with E-state index in [4.69, 9.17) is 4.42 Å². The second-order valence-corrected chi connectivity index (χ2v) is 4.35. The molecule has 1 aromatic heterocycles. The minimum atomic E-state index is 0.00535. The molecular formula is C15H12O3. The highest BCUT2D eigenvalue weighted by atomic mass is 16.3. The van der Waals surface area contributed by atoms with Crippen LogP contribution in [0.2, 0.25) is 0 Å². The minimum Gasteiger partial charge on any atom is -0.508 e. The van der Waals surface area contributed by atoms with E-state index in [0.29, 0.717) is 11.3 Å². The Morgan fingerprint density at radius 3 is 2.56 bits per heavy atom. The van der Waals surface area contributed by atoms with Crippen LogP contribution in [0, 0.1) is 6.92 Å². The van der Waals surface area contributed by atoms with E-state index in [2.05, 4.69) is 0 Å². The lowest BCUT2D eigenvalue weighted by Gasteiger charge is -2.00. The minimum absolute atomic E-state index is 0.00535. The van der Waals surface area contributed by atoms with Gasteiger partial charge >= 0.3 is 0 Å². The van der Waals surface area contributed by atoms with Crippen molar-refractivity contribution in [3.63, 3.8) is 0 Å². The summed E-state index contributed by atoms with van der Waals surface area (Å²) in [6.45, 7) is 2.02. The van der Waals surface area contributed by atoms with Gasteiger partial charge in [-0.2, -0.15) is 0 Å². The van der Waals surface area contributed by atoms with E-state index in [1.54, 1.807) is 6.07 Å². The van der Waals surface area contributed by atoms with Crippen LogP contribution in [0.3, 0.4) is 0 Å². The quantitative estimate of drug-likeness (QED) is 0.679. The number of phenols is 2. The second-order valence-electron chi connectivity index (χ2n) is 4.35. The molecule has 0 radical (unpaired) electrons. The average Bonchev–Trinajstić information content (AvgIpc) is 2.71. The summed E-state index contributed by atoms with van der Waals surface area (Å²) in [5.41, 5.74) is 2.51. The molecule has 3 aromatic rings. The van der Waals surface area contributed by atoms with E-state index in [-0.39, 0.29) is 11.5 Å². The highest BCUT2D eigenvalue weighted by molar-refractivity contribution is 5.84. The van der Waals surface area contributed by atoms with Crippen LogP contribution in [0.4, 0.5) is 0 Å². The zero-order chi connectivity index (χ0) is 12.7. The zero-order valence-electron chi connectivity index (χ0n) is 9.84. The standard InChI is InChI=1S/C15H12O3/c1-9-2-5-14-10(6-9)7-15(18-14)12-4-3-11(16)8-13(12)17/h2-8,16-17H,1H3. The van der Waals surface area contributed by atoms with Gasteiger partial charge in [-0.05, 0) is 37.3 Å². The lowest BCUT2D eigenvalue weighted by molar-refractivity contribution is 0.450. The van der Waals surface area contributed by atoms with Gasteiger partial charge in [-0.1, -0.05) is 11.6 Å². The molecule has 0 saturated carbocycles. The first kappa shape index (κ1) is 10.7. The third-order valence-electron chi connectivity index (χ3n) is 2.92. The predicted molar refractivity (Wildman–Crippen MR) is 69.7 cm³/mol. The Morgan fingerprint density at radius 1 is 0.944 bits per heavy atom. The van der Waals surface area contributed by atoms with E-state index in [0.717, 1.165) is 16.5 Å². The van der Waals surface area contributed by atoms with E-state index in [9.17, 15) is 10.2 Å². The fourth-order valence-electron chi connectivity index (χ4n) is 2.02. The van der Waals surface area contributed by atoms with Crippen molar-refractivity contribution in [2.75, 3.05) is 0 Å². The highest BCUT2D eigenvalue weighted by Gasteiger charge is 2.10. The molecule has 0 fully saturated rings. The number of furan rings is 1. The second kappa shape index (κ2) is 3.81. The maximum atomic E-state index is 9.80. The Morgan fingerprint density at radius 2 is 1.78 bits per heavy atom. The fraction of sp³-hybridized carbons (Fsp3) is 0.0667. The van der Waals surface area contributed by atoms with Gasteiger partial charge in [0, 0.05) is 11.5 Å². The van der Waals surface area contributed by atoms with Gasteiger partial charge in [0.25, 0.3) is 0 Å². The van der Waals surface area contributed by atoms with Crippen molar-refractivity contribution in [1.82, 2.24) is 0 Å². The summed E-state index contributed by atoms with van der Waals surface area (Å²) in [6.07, 6.45) is 0. The lowest BCUT2D eigenvalue weighted by Crippen LogP contribution is -1.75. The number of fused-ring (bicyclic) bond motifs is 1. The van der Waals surface area contributed by atoms with Crippen molar-refractivity contribution in [3.8, 4) is 22.8 Å². The molecule has 0 bridgehead atoms. The van der Waals surface area contributed by atoms with Crippen LogP contribution >= 0.6 is 0 Å². The molecule has 0 spiro atoms. The number of aromatic hydroxyl groups is 2. The van der Waals surface area contributed by atoms with Crippen LogP contribution in [0.1, 0.15) is 5.56 Å². The number of rotatable bonds is 1. The monoisotopic (exact) mass is 240 g/mol. The van der Waals surface area contributed by atoms with Crippen LogP contribution in [0.25, 0.3) is 22.3 Å². The molecule has 3 rings (SSSR count). The van der Waals surface area contributed by atoms with Gasteiger partial charge in [-0.15, -0.1) is 0 Å². The molecule has 2 N–H and O–H groups in total. The summed E-state index contributed by atoms with van der Waals surface area (Å²) >= 11 is 0. The largest absolute Gasteiger partial charge is 0.508 e. The van der Waals surface area contributed by atoms with E-state index >= 15 is 0 Å². The first-order chi connectivity index (χ1) is 8.63. The molecule has 18 heavy (non-hydrogen) atoms. The fourth-order valence-corrected chi connectivity index (χ4v) is 2.02. The van der Waals surface area contributed by atoms with Crippen molar-refractivity contribution < 1.29 is 14.6 Å². The molecule has 3 nitrogen and oxygen atoms in total. The molecule has 0 saturated heterocycles. The molecule has 0 amide bonds. The molecule has 0 unspecified atom stereocenters. The summed E-state index contributed by atoms with van der Waals surface area (Å²) in [7, 11) is 0. The van der Waals surface area contributed by atoms with Gasteiger partial charge in [0.2, 0.25) is 0 Å². The summed E-state index contributed by atoms with van der Waals surface area (Å²) in [6, 6.07) is 12.3. The van der Waals surface area contributed by atoms with Crippen LogP contribution in [-0.2, 0) is 0 Å². The van der Waals surface area contributed by atoms with Crippen molar-refractivity contribution in [3.05, 3.63) is 48.0 Å². The Hall–Kier alpha value is -2.42. The third kappa shape index (κ3) is 1.70. The zero-order valence-corrected chi connectivity index (χ0v) is 9.84. The van der Waals surface area contributed by atoms with Gasteiger partial charge in [0.05, 0.1) is 5.56 Å². The lowest BCUT2D eigenvalue weighted by atomic mass is 10.1. The Bertz CT molecular complexity index is 726. The van der Waals surface area contributed by atoms with Crippen LogP contribution in [-0.4, -0.2) is 10.2 Å². The molecule has 0 aliphatic carbocycles. The van der Waals surface area contributed by atoms with Crippen molar-refractivity contribution in [2.24, 2.45) is 0 Å². The molecular weight excluding hydrogens is 228 g/mol. The van der Waals surface area contributed by atoms with E-state index in [1.807, 2.05) is 31.2 Å². The van der Waals surface area contributed by atoms with Crippen LogP contribution < -0.4 is 0 Å². The molecule has 3 heteroatoms. The molecule has 0 aliphatic heterocycles. The molecule has 2 aromatic carbocycles. The van der Waals surface area contributed by atoms with Gasteiger partial charge in [-0.25, -0.2) is 0 Å². The Balaban J connectivity index is 2.19. The topological polar surface area (TPSA) is 53.6 Å². The van der Waals surface area contributed by atoms with Crippen molar-refractivity contribution >= 4 is 11.0 Å². The SMILES string of the molecule is Cc1ccc2oc(-c3ccc(O)cc3O)cc2c1. The van der Waals surface area contributed by atoms with E-state index < -0.39 is 0 Å². The first-order valence-corrected chi connectivity index (χ1v) is 5.66. The number of aryl methyl sites for hydroxylation is 1. The summed E-state index contributed by atoms with van der Waals surface area (Å²) in [5.74, 6) is 0.627. The molecule has 1 heterocycles. The number of benzene rings is 2. The van der Waals surface area contributed by atoms with Gasteiger partial charge in [-0.3, -0.25) is 0 Å². The smallest absolute Gasteiger partial charge is 0.139 e. The van der Waals surface area contributed by atoms with Crippen LogP contribution in [0.5, 0.6) is 11.5 Å². The maximum Gasteiger partial charge on any atom is 0.139 e. The molecule has 0 aliphatic rings. The Labute approximate surface area is 104 Å².